The Morgan fingerprint density at radius 1 is 1.30 bits per heavy atom. The maximum atomic E-state index is 11.3. The Labute approximate surface area is 120 Å². The van der Waals surface area contributed by atoms with Crippen LogP contribution in [0.4, 0.5) is 5.69 Å². The molecule has 0 radical (unpaired) electrons. The number of nitrogens with zero attached hydrogens (tertiary/aromatic N) is 1. The zero-order valence-electron chi connectivity index (χ0n) is 12.2. The van der Waals surface area contributed by atoms with Crippen LogP contribution in [0.25, 0.3) is 0 Å². The van der Waals surface area contributed by atoms with Gasteiger partial charge in [-0.1, -0.05) is 33.1 Å². The first kappa shape index (κ1) is 15.2. The lowest BCUT2D eigenvalue weighted by atomic mass is 9.76. The Hall–Kier alpha value is -1.20. The van der Waals surface area contributed by atoms with Crippen LogP contribution in [0, 0.1) is 0 Å². The van der Waals surface area contributed by atoms with Crippen LogP contribution in [-0.2, 0) is 15.5 Å². The van der Waals surface area contributed by atoms with Crippen molar-refractivity contribution >= 4 is 21.5 Å². The molecule has 1 atom stereocenters. The van der Waals surface area contributed by atoms with Gasteiger partial charge < -0.3 is 0 Å². The topological polar surface area (TPSA) is 66.7 Å². The number of hydrogen-bond acceptors (Lipinski definition) is 3. The van der Waals surface area contributed by atoms with Gasteiger partial charge in [-0.3, -0.25) is 9.55 Å². The monoisotopic (exact) mass is 295 g/mol. The average molecular weight is 295 g/mol. The van der Waals surface area contributed by atoms with Gasteiger partial charge in [-0.15, -0.1) is 0 Å². The van der Waals surface area contributed by atoms with Crippen molar-refractivity contribution in [1.29, 1.82) is 0 Å². The fourth-order valence-electron chi connectivity index (χ4n) is 2.76. The molecular weight excluding hydrogens is 274 g/mol. The normalized spacial score (nSPS) is 21.7. The summed E-state index contributed by atoms with van der Waals surface area (Å²) >= 11 is 0. The Morgan fingerprint density at radius 2 is 2.00 bits per heavy atom. The number of unbranched alkanes of at least 4 members (excludes halogenated alkanes) is 2. The van der Waals surface area contributed by atoms with Crippen LogP contribution in [0.5, 0.6) is 0 Å². The lowest BCUT2D eigenvalue weighted by Crippen LogP contribution is -2.27. The first-order chi connectivity index (χ1) is 9.29. The maximum absolute atomic E-state index is 11.3. The molecule has 5 heteroatoms. The molecular formula is C15H21NO3S. The third-order valence-corrected chi connectivity index (χ3v) is 5.08. The molecule has 0 fully saturated rings. The molecule has 0 aliphatic carbocycles. The summed E-state index contributed by atoms with van der Waals surface area (Å²) in [4.78, 5) is 4.49. The number of hydrogen-bond donors (Lipinski definition) is 1. The molecule has 1 aromatic carbocycles. The number of benzene rings is 1. The van der Waals surface area contributed by atoms with Crippen LogP contribution in [0.3, 0.4) is 0 Å². The molecule has 1 aliphatic rings. The van der Waals surface area contributed by atoms with Crippen LogP contribution in [-0.4, -0.2) is 18.7 Å². The fraction of sp³-hybridized carbons (Fsp3) is 0.533. The minimum absolute atomic E-state index is 0.0529. The van der Waals surface area contributed by atoms with Gasteiger partial charge in [-0.05, 0) is 37.1 Å². The van der Waals surface area contributed by atoms with E-state index in [1.807, 2.05) is 6.92 Å². The van der Waals surface area contributed by atoms with Crippen molar-refractivity contribution < 1.29 is 13.0 Å². The predicted molar refractivity (Wildman–Crippen MR) is 80.5 cm³/mol. The van der Waals surface area contributed by atoms with Crippen LogP contribution in [0.15, 0.2) is 28.1 Å². The number of aliphatic imine (C=N–C) groups is 1. The maximum Gasteiger partial charge on any atom is 0.294 e. The van der Waals surface area contributed by atoms with Crippen LogP contribution >= 0.6 is 0 Å². The highest BCUT2D eigenvalue weighted by Gasteiger charge is 2.37. The summed E-state index contributed by atoms with van der Waals surface area (Å²) in [6.07, 6.45) is 4.31. The largest absolute Gasteiger partial charge is 0.294 e. The summed E-state index contributed by atoms with van der Waals surface area (Å²) in [7, 11) is -4.17. The first-order valence-electron chi connectivity index (χ1n) is 6.97. The highest BCUT2D eigenvalue weighted by molar-refractivity contribution is 7.85. The number of rotatable bonds is 5. The van der Waals surface area contributed by atoms with Gasteiger partial charge >= 0.3 is 0 Å². The number of fused-ring (bicyclic) bond motifs is 1. The molecule has 0 saturated heterocycles. The summed E-state index contributed by atoms with van der Waals surface area (Å²) in [6, 6.07) is 4.65. The summed E-state index contributed by atoms with van der Waals surface area (Å²) in [5, 5.41) is 0. The molecule has 4 nitrogen and oxygen atoms in total. The van der Waals surface area contributed by atoms with Crippen molar-refractivity contribution in [3.8, 4) is 0 Å². The van der Waals surface area contributed by atoms with Gasteiger partial charge in [0.2, 0.25) is 0 Å². The van der Waals surface area contributed by atoms with Gasteiger partial charge in [0.1, 0.15) is 0 Å². The van der Waals surface area contributed by atoms with Crippen molar-refractivity contribution in [2.45, 2.75) is 56.8 Å². The standard InChI is InChI=1S/C15H21NO3S/c1-4-5-6-9-15(3)11(2)16-14-8-7-12(10-13(14)15)20(17,18)19/h7-8,10H,4-6,9H2,1-3H3,(H,17,18,19). The van der Waals surface area contributed by atoms with Crippen LogP contribution in [0.2, 0.25) is 0 Å². The smallest absolute Gasteiger partial charge is 0.282 e. The van der Waals surface area contributed by atoms with E-state index >= 15 is 0 Å². The summed E-state index contributed by atoms with van der Waals surface area (Å²) in [5.74, 6) is 0. The van der Waals surface area contributed by atoms with Crippen LogP contribution < -0.4 is 0 Å². The van der Waals surface area contributed by atoms with Crippen molar-refractivity contribution in [2.24, 2.45) is 4.99 Å². The molecule has 1 aromatic rings. The van der Waals surface area contributed by atoms with Gasteiger partial charge in [0.25, 0.3) is 10.1 Å². The van der Waals surface area contributed by atoms with Crippen molar-refractivity contribution in [3.05, 3.63) is 23.8 Å². The molecule has 1 heterocycles. The van der Waals surface area contributed by atoms with Crippen LogP contribution in [0.1, 0.15) is 52.0 Å². The summed E-state index contributed by atoms with van der Waals surface area (Å²) in [6.45, 7) is 6.24. The SMILES string of the molecule is CCCCCC1(C)C(C)=Nc2ccc(S(=O)(=O)O)cc21. The van der Waals surface area contributed by atoms with Gasteiger partial charge in [-0.2, -0.15) is 8.42 Å². The van der Waals surface area contributed by atoms with E-state index in [1.165, 1.54) is 6.07 Å². The second-order valence-corrected chi connectivity index (χ2v) is 7.06. The van der Waals surface area contributed by atoms with Gasteiger partial charge in [0.05, 0.1) is 10.6 Å². The highest BCUT2D eigenvalue weighted by atomic mass is 32.2. The van der Waals surface area contributed by atoms with E-state index in [-0.39, 0.29) is 10.3 Å². The first-order valence-corrected chi connectivity index (χ1v) is 8.41. The highest BCUT2D eigenvalue weighted by Crippen LogP contribution is 2.44. The molecule has 1 aliphatic heterocycles. The molecule has 1 unspecified atom stereocenters. The van der Waals surface area contributed by atoms with E-state index in [4.69, 9.17) is 0 Å². The average Bonchev–Trinajstić information content (AvgIpc) is 2.61. The Balaban J connectivity index is 2.42. The summed E-state index contributed by atoms with van der Waals surface area (Å²) in [5.41, 5.74) is 2.50. The minimum Gasteiger partial charge on any atom is -0.282 e. The minimum atomic E-state index is -4.17. The molecule has 110 valence electrons. The zero-order chi connectivity index (χ0) is 15.0. The molecule has 1 N–H and O–H groups in total. The quantitative estimate of drug-likeness (QED) is 0.662. The van der Waals surface area contributed by atoms with Gasteiger partial charge in [0.15, 0.2) is 0 Å². The molecule has 2 rings (SSSR count). The van der Waals surface area contributed by atoms with Crippen molar-refractivity contribution in [2.75, 3.05) is 0 Å². The third kappa shape index (κ3) is 2.65. The molecule has 20 heavy (non-hydrogen) atoms. The summed E-state index contributed by atoms with van der Waals surface area (Å²) < 4.78 is 31.8. The lowest BCUT2D eigenvalue weighted by Gasteiger charge is -2.26. The Bertz CT molecular complexity index is 649. The van der Waals surface area contributed by atoms with E-state index in [0.29, 0.717) is 0 Å². The second-order valence-electron chi connectivity index (χ2n) is 5.64. The second kappa shape index (κ2) is 5.30. The molecule has 0 aromatic heterocycles. The predicted octanol–water partition coefficient (Wildman–Crippen LogP) is 3.88. The Kier molecular flexibility index (Phi) is 4.02. The zero-order valence-corrected chi connectivity index (χ0v) is 13.0. The van der Waals surface area contributed by atoms with E-state index in [0.717, 1.165) is 42.6 Å². The Morgan fingerprint density at radius 3 is 2.60 bits per heavy atom. The van der Waals surface area contributed by atoms with E-state index < -0.39 is 10.1 Å². The molecule has 0 saturated carbocycles. The van der Waals surface area contributed by atoms with Gasteiger partial charge in [-0.25, -0.2) is 0 Å². The van der Waals surface area contributed by atoms with E-state index in [1.54, 1.807) is 12.1 Å². The fourth-order valence-corrected chi connectivity index (χ4v) is 3.26. The third-order valence-electron chi connectivity index (χ3n) is 4.23. The van der Waals surface area contributed by atoms with Crippen molar-refractivity contribution in [3.63, 3.8) is 0 Å². The van der Waals surface area contributed by atoms with Gasteiger partial charge in [0, 0.05) is 11.1 Å². The molecule has 0 spiro atoms. The van der Waals surface area contributed by atoms with E-state index in [2.05, 4.69) is 18.8 Å². The molecule has 0 bridgehead atoms. The lowest BCUT2D eigenvalue weighted by molar-refractivity contribution is 0.482. The van der Waals surface area contributed by atoms with E-state index in [9.17, 15) is 13.0 Å². The van der Waals surface area contributed by atoms with Crippen molar-refractivity contribution in [1.82, 2.24) is 0 Å². The molecule has 0 amide bonds.